The van der Waals surface area contributed by atoms with Crippen molar-refractivity contribution in [3.63, 3.8) is 0 Å². The number of rotatable bonds is 11. The number of nitrogens with zero attached hydrogens (tertiary/aromatic N) is 3. The Labute approximate surface area is 251 Å². The van der Waals surface area contributed by atoms with Gasteiger partial charge in [0.15, 0.2) is 11.5 Å². The number of benzene rings is 2. The highest BCUT2D eigenvalue weighted by atomic mass is 32.2. The van der Waals surface area contributed by atoms with Crippen molar-refractivity contribution in [2.45, 2.75) is 37.9 Å². The van der Waals surface area contributed by atoms with Crippen LogP contribution in [0.3, 0.4) is 0 Å². The van der Waals surface area contributed by atoms with Gasteiger partial charge in [0.25, 0.3) is 0 Å². The molecule has 3 aromatic rings. The molecule has 1 aliphatic rings. The molecule has 2 aromatic carbocycles. The van der Waals surface area contributed by atoms with Gasteiger partial charge >= 0.3 is 0 Å². The highest BCUT2D eigenvalue weighted by Gasteiger charge is 2.40. The minimum Gasteiger partial charge on any atom is -0.497 e. The van der Waals surface area contributed by atoms with E-state index >= 15 is 0 Å². The van der Waals surface area contributed by atoms with Crippen LogP contribution in [0.1, 0.15) is 49.3 Å². The summed E-state index contributed by atoms with van der Waals surface area (Å²) in [4.78, 5) is 28.6. The number of aromatic nitrogens is 2. The van der Waals surface area contributed by atoms with Crippen LogP contribution in [0.2, 0.25) is 0 Å². The standard InChI is InChI=1S/C31H40N4O6S/c1-31(2,3)29-27-28(20-9-14-23(40-6)24(17-20)41-7)42-19-26(37)34(18-25(36)32-15-8-16-38-4)30(27)35(33-29)21-10-12-22(39-5)13-11-21/h9-14,17,28H,8,15-16,18-19H2,1-7H3,(H,32,36)/t28-/m1/s1. The summed E-state index contributed by atoms with van der Waals surface area (Å²) in [7, 11) is 6.44. The highest BCUT2D eigenvalue weighted by molar-refractivity contribution is 8.00. The number of nitrogens with one attached hydrogen (secondary N) is 1. The number of hydrogen-bond donors (Lipinski definition) is 1. The van der Waals surface area contributed by atoms with Crippen molar-refractivity contribution in [3.8, 4) is 22.9 Å². The van der Waals surface area contributed by atoms with Crippen molar-refractivity contribution in [2.24, 2.45) is 0 Å². The van der Waals surface area contributed by atoms with Gasteiger partial charge in [0.05, 0.1) is 43.7 Å². The van der Waals surface area contributed by atoms with Crippen molar-refractivity contribution in [1.82, 2.24) is 15.1 Å². The van der Waals surface area contributed by atoms with E-state index in [1.165, 1.54) is 11.8 Å². The van der Waals surface area contributed by atoms with Gasteiger partial charge in [-0.15, -0.1) is 11.8 Å². The fourth-order valence-corrected chi connectivity index (χ4v) is 6.09. The highest BCUT2D eigenvalue weighted by Crippen LogP contribution is 2.49. The summed E-state index contributed by atoms with van der Waals surface area (Å²) in [5, 5.41) is 7.78. The summed E-state index contributed by atoms with van der Waals surface area (Å²) < 4.78 is 23.4. The van der Waals surface area contributed by atoms with E-state index in [4.69, 9.17) is 24.0 Å². The molecule has 1 aliphatic heterocycles. The molecular weight excluding hydrogens is 556 g/mol. The van der Waals surface area contributed by atoms with Gasteiger partial charge < -0.3 is 24.3 Å². The van der Waals surface area contributed by atoms with Crippen molar-refractivity contribution < 1.29 is 28.5 Å². The van der Waals surface area contributed by atoms with Gasteiger partial charge in [0.2, 0.25) is 11.8 Å². The summed E-state index contributed by atoms with van der Waals surface area (Å²) in [6.45, 7) is 7.16. The smallest absolute Gasteiger partial charge is 0.240 e. The van der Waals surface area contributed by atoms with Gasteiger partial charge in [-0.3, -0.25) is 14.5 Å². The van der Waals surface area contributed by atoms with Crippen molar-refractivity contribution in [2.75, 3.05) is 58.8 Å². The zero-order valence-electron chi connectivity index (χ0n) is 25.4. The Morgan fingerprint density at radius 2 is 1.74 bits per heavy atom. The van der Waals surface area contributed by atoms with Crippen LogP contribution < -0.4 is 24.4 Å². The summed E-state index contributed by atoms with van der Waals surface area (Å²) in [5.41, 5.74) is 3.03. The first-order valence-electron chi connectivity index (χ1n) is 13.8. The molecule has 0 spiro atoms. The SMILES string of the molecule is COCCCNC(=O)CN1C(=O)CS[C@H](c2ccc(OC)c(OC)c2)c2c(C(C)(C)C)nn(-c3ccc(OC)cc3)c21. The van der Waals surface area contributed by atoms with E-state index in [-0.39, 0.29) is 34.8 Å². The number of amides is 2. The number of ether oxygens (including phenoxy) is 4. The second-order valence-electron chi connectivity index (χ2n) is 10.9. The largest absolute Gasteiger partial charge is 0.497 e. The number of carbonyl (C=O) groups excluding carboxylic acids is 2. The Balaban J connectivity index is 1.92. The lowest BCUT2D eigenvalue weighted by atomic mass is 9.87. The van der Waals surface area contributed by atoms with Crippen LogP contribution in [0.5, 0.6) is 17.2 Å². The van der Waals surface area contributed by atoms with Gasteiger partial charge in [-0.05, 0) is 48.4 Å². The molecule has 11 heteroatoms. The molecule has 2 amide bonds. The quantitative estimate of drug-likeness (QED) is 0.323. The molecule has 0 bridgehead atoms. The second kappa shape index (κ2) is 13.5. The molecule has 0 saturated carbocycles. The van der Waals surface area contributed by atoms with Crippen LogP contribution in [-0.4, -0.2) is 75.5 Å². The maximum Gasteiger partial charge on any atom is 0.240 e. The van der Waals surface area contributed by atoms with Crippen LogP contribution >= 0.6 is 11.8 Å². The lowest BCUT2D eigenvalue weighted by Crippen LogP contribution is -2.42. The van der Waals surface area contributed by atoms with Crippen LogP contribution in [-0.2, 0) is 19.7 Å². The molecule has 4 rings (SSSR count). The van der Waals surface area contributed by atoms with E-state index < -0.39 is 0 Å². The maximum absolute atomic E-state index is 13.8. The fourth-order valence-electron chi connectivity index (χ4n) is 4.90. The molecule has 2 heterocycles. The number of thioether (sulfide) groups is 1. The lowest BCUT2D eigenvalue weighted by Gasteiger charge is -2.25. The first kappa shape index (κ1) is 31.2. The number of carbonyl (C=O) groups is 2. The topological polar surface area (TPSA) is 104 Å². The van der Waals surface area contributed by atoms with Crippen LogP contribution in [0.4, 0.5) is 5.82 Å². The molecule has 0 saturated heterocycles. The Kier molecular flexibility index (Phi) is 10.1. The van der Waals surface area contributed by atoms with Gasteiger partial charge in [-0.2, -0.15) is 5.10 Å². The Morgan fingerprint density at radius 3 is 2.36 bits per heavy atom. The Hall–Kier alpha value is -3.70. The van der Waals surface area contributed by atoms with Crippen LogP contribution in [0.25, 0.3) is 5.69 Å². The number of hydrogen-bond acceptors (Lipinski definition) is 8. The zero-order chi connectivity index (χ0) is 30.4. The molecule has 0 radical (unpaired) electrons. The molecule has 10 nitrogen and oxygen atoms in total. The second-order valence-corrected chi connectivity index (χ2v) is 12.0. The summed E-state index contributed by atoms with van der Waals surface area (Å²) in [5.74, 6) is 2.25. The predicted octanol–water partition coefficient (Wildman–Crippen LogP) is 4.52. The van der Waals surface area contributed by atoms with Crippen molar-refractivity contribution in [1.29, 1.82) is 0 Å². The molecule has 0 fully saturated rings. The van der Waals surface area contributed by atoms with E-state index in [1.807, 2.05) is 42.5 Å². The summed E-state index contributed by atoms with van der Waals surface area (Å²) in [6.07, 6.45) is 0.677. The van der Waals surface area contributed by atoms with Crippen LogP contribution in [0, 0.1) is 0 Å². The Morgan fingerprint density at radius 1 is 1.02 bits per heavy atom. The average Bonchev–Trinajstić information content (AvgIpc) is 3.32. The van der Waals surface area contributed by atoms with Crippen molar-refractivity contribution >= 4 is 29.4 Å². The number of methoxy groups -OCH3 is 4. The predicted molar refractivity (Wildman–Crippen MR) is 165 cm³/mol. The molecule has 1 aromatic heterocycles. The van der Waals surface area contributed by atoms with E-state index in [9.17, 15) is 9.59 Å². The average molecular weight is 597 g/mol. The fraction of sp³-hybridized carbons (Fsp3) is 0.452. The number of fused-ring (bicyclic) bond motifs is 1. The molecule has 0 aliphatic carbocycles. The van der Waals surface area contributed by atoms with Gasteiger partial charge in [0, 0.05) is 31.2 Å². The molecule has 0 unspecified atom stereocenters. The normalized spacial score (nSPS) is 15.2. The zero-order valence-corrected chi connectivity index (χ0v) is 26.2. The van der Waals surface area contributed by atoms with E-state index in [1.54, 1.807) is 38.0 Å². The third-order valence-corrected chi connectivity index (χ3v) is 8.23. The van der Waals surface area contributed by atoms with Gasteiger partial charge in [-0.1, -0.05) is 26.8 Å². The Bertz CT molecular complexity index is 1400. The molecule has 1 N–H and O–H groups in total. The summed E-state index contributed by atoms with van der Waals surface area (Å²) >= 11 is 1.51. The molecule has 226 valence electrons. The molecule has 1 atom stereocenters. The third-order valence-electron chi connectivity index (χ3n) is 6.98. The minimum atomic E-state index is -0.376. The van der Waals surface area contributed by atoms with E-state index in [2.05, 4.69) is 26.1 Å². The first-order valence-corrected chi connectivity index (χ1v) is 14.8. The minimum absolute atomic E-state index is 0.135. The van der Waals surface area contributed by atoms with E-state index in [0.717, 1.165) is 22.5 Å². The maximum atomic E-state index is 13.8. The first-order chi connectivity index (χ1) is 20.1. The van der Waals surface area contributed by atoms with Crippen molar-refractivity contribution in [3.05, 3.63) is 59.3 Å². The summed E-state index contributed by atoms with van der Waals surface area (Å²) in [6, 6.07) is 13.3. The monoisotopic (exact) mass is 596 g/mol. The number of anilines is 1. The van der Waals surface area contributed by atoms with Gasteiger partial charge in [-0.25, -0.2) is 4.68 Å². The van der Waals surface area contributed by atoms with E-state index in [0.29, 0.717) is 42.6 Å². The lowest BCUT2D eigenvalue weighted by molar-refractivity contribution is -0.122. The molecular formula is C31H40N4O6S. The van der Waals surface area contributed by atoms with Gasteiger partial charge in [0.1, 0.15) is 18.1 Å². The van der Waals surface area contributed by atoms with Crippen LogP contribution in [0.15, 0.2) is 42.5 Å². The molecule has 42 heavy (non-hydrogen) atoms. The third kappa shape index (κ3) is 6.68.